The molecule has 1 unspecified atom stereocenters. The molecule has 0 spiro atoms. The van der Waals surface area contributed by atoms with Gasteiger partial charge in [0.05, 0.1) is 10.7 Å². The predicted octanol–water partition coefficient (Wildman–Crippen LogP) is 3.84. The third-order valence-electron chi connectivity index (χ3n) is 5.58. The lowest BCUT2D eigenvalue weighted by Crippen LogP contribution is -2.47. The summed E-state index contributed by atoms with van der Waals surface area (Å²) in [6, 6.07) is 9.44. The molecule has 2 aromatic heterocycles. The van der Waals surface area contributed by atoms with E-state index in [-0.39, 0.29) is 0 Å². The number of aliphatic hydroxyl groups is 1. The summed E-state index contributed by atoms with van der Waals surface area (Å²) in [4.78, 5) is 9.75. The van der Waals surface area contributed by atoms with Crippen LogP contribution in [-0.4, -0.2) is 33.1 Å². The fourth-order valence-electron chi connectivity index (χ4n) is 3.96. The molecule has 1 aliphatic heterocycles. The molecule has 1 aliphatic rings. The van der Waals surface area contributed by atoms with Crippen molar-refractivity contribution in [2.24, 2.45) is 0 Å². The minimum Gasteiger partial charge on any atom is -0.398 e. The molecule has 1 aromatic carbocycles. The summed E-state index contributed by atoms with van der Waals surface area (Å²) in [5.74, 6) is 0.468. The van der Waals surface area contributed by atoms with Gasteiger partial charge < -0.3 is 15.8 Å². The van der Waals surface area contributed by atoms with E-state index in [1.165, 1.54) is 10.9 Å². The summed E-state index contributed by atoms with van der Waals surface area (Å²) in [5.41, 5.74) is 8.38. The molecule has 136 valence electrons. The quantitative estimate of drug-likeness (QED) is 0.612. The highest BCUT2D eigenvalue weighted by Gasteiger charge is 2.35. The Labute approximate surface area is 157 Å². The number of anilines is 1. The molecular formula is C20H23ClN4O. The highest BCUT2D eigenvalue weighted by Crippen LogP contribution is 2.37. The topological polar surface area (TPSA) is 78.2 Å². The first kappa shape index (κ1) is 17.3. The number of rotatable bonds is 3. The number of benzene rings is 1. The number of aromatic amines is 1. The minimum absolute atomic E-state index is 0.468. The molecular weight excluding hydrogens is 348 g/mol. The Hall–Kier alpha value is -2.08. The Balaban J connectivity index is 1.51. The molecule has 1 saturated heterocycles. The van der Waals surface area contributed by atoms with Crippen molar-refractivity contribution >= 4 is 28.3 Å². The fraction of sp³-hybridized carbons (Fsp3) is 0.350. The van der Waals surface area contributed by atoms with Gasteiger partial charge in [0.25, 0.3) is 0 Å². The highest BCUT2D eigenvalue weighted by molar-refractivity contribution is 6.33. The number of hydrogen-bond acceptors (Lipinski definition) is 4. The maximum Gasteiger partial charge on any atom is 0.141 e. The van der Waals surface area contributed by atoms with E-state index in [9.17, 15) is 5.11 Å². The number of nitrogens with two attached hydrogens (primary N) is 1. The van der Waals surface area contributed by atoms with Crippen LogP contribution in [0.15, 0.2) is 42.7 Å². The average molecular weight is 371 g/mol. The van der Waals surface area contributed by atoms with E-state index in [0.717, 1.165) is 37.1 Å². The summed E-state index contributed by atoms with van der Waals surface area (Å²) in [6.45, 7) is 3.45. The molecule has 6 heteroatoms. The van der Waals surface area contributed by atoms with E-state index in [0.29, 0.717) is 16.6 Å². The van der Waals surface area contributed by atoms with Crippen molar-refractivity contribution < 1.29 is 5.11 Å². The molecule has 0 aliphatic carbocycles. The van der Waals surface area contributed by atoms with Crippen molar-refractivity contribution in [2.75, 3.05) is 18.8 Å². The van der Waals surface area contributed by atoms with Gasteiger partial charge >= 0.3 is 0 Å². The van der Waals surface area contributed by atoms with Crippen molar-refractivity contribution in [3.05, 3.63) is 58.9 Å². The number of nitrogens with one attached hydrogen (secondary N) is 1. The van der Waals surface area contributed by atoms with Crippen molar-refractivity contribution in [1.29, 1.82) is 0 Å². The minimum atomic E-state index is -1.06. The molecule has 1 atom stereocenters. The van der Waals surface area contributed by atoms with Crippen LogP contribution in [0.25, 0.3) is 11.0 Å². The van der Waals surface area contributed by atoms with E-state index in [2.05, 4.69) is 27.1 Å². The van der Waals surface area contributed by atoms with Gasteiger partial charge in [-0.3, -0.25) is 4.90 Å². The van der Waals surface area contributed by atoms with Crippen LogP contribution in [0.3, 0.4) is 0 Å². The van der Waals surface area contributed by atoms with E-state index < -0.39 is 5.72 Å². The highest BCUT2D eigenvalue weighted by atomic mass is 35.5. The molecule has 26 heavy (non-hydrogen) atoms. The molecule has 4 rings (SSSR count). The Morgan fingerprint density at radius 1 is 1.31 bits per heavy atom. The molecule has 1 fully saturated rings. The Bertz CT molecular complexity index is 928. The summed E-state index contributed by atoms with van der Waals surface area (Å²) < 4.78 is 0. The number of aromatic nitrogens is 2. The molecule has 4 N–H and O–H groups in total. The van der Waals surface area contributed by atoms with E-state index >= 15 is 0 Å². The van der Waals surface area contributed by atoms with Crippen molar-refractivity contribution in [2.45, 2.75) is 31.4 Å². The lowest BCUT2D eigenvalue weighted by atomic mass is 9.88. The van der Waals surface area contributed by atoms with Crippen LogP contribution < -0.4 is 5.73 Å². The number of hydrogen-bond donors (Lipinski definition) is 3. The first-order valence-corrected chi connectivity index (χ1v) is 9.29. The number of nitrogens with zero attached hydrogens (tertiary/aromatic N) is 2. The second-order valence-electron chi connectivity index (χ2n) is 7.16. The lowest BCUT2D eigenvalue weighted by molar-refractivity contribution is -0.110. The fourth-order valence-corrected chi connectivity index (χ4v) is 4.08. The van der Waals surface area contributed by atoms with E-state index in [4.69, 9.17) is 17.3 Å². The van der Waals surface area contributed by atoms with Crippen LogP contribution in [-0.2, 0) is 5.72 Å². The van der Waals surface area contributed by atoms with E-state index in [1.807, 2.05) is 19.1 Å². The number of fused-ring (bicyclic) bond motifs is 1. The second kappa shape index (κ2) is 6.58. The monoisotopic (exact) mass is 370 g/mol. The van der Waals surface area contributed by atoms with Gasteiger partial charge in [0.2, 0.25) is 0 Å². The predicted molar refractivity (Wildman–Crippen MR) is 105 cm³/mol. The molecule has 0 radical (unpaired) electrons. The zero-order valence-electron chi connectivity index (χ0n) is 14.7. The van der Waals surface area contributed by atoms with Gasteiger partial charge in [-0.15, -0.1) is 0 Å². The van der Waals surface area contributed by atoms with E-state index in [1.54, 1.807) is 18.3 Å². The summed E-state index contributed by atoms with van der Waals surface area (Å²) in [5, 5.41) is 12.8. The second-order valence-corrected chi connectivity index (χ2v) is 7.57. The zero-order chi connectivity index (χ0) is 18.3. The number of H-pyrrole nitrogens is 1. The van der Waals surface area contributed by atoms with Crippen molar-refractivity contribution in [3.63, 3.8) is 0 Å². The van der Waals surface area contributed by atoms with Crippen LogP contribution in [0.5, 0.6) is 0 Å². The maximum absolute atomic E-state index is 11.1. The summed E-state index contributed by atoms with van der Waals surface area (Å²) >= 11 is 6.01. The van der Waals surface area contributed by atoms with Gasteiger partial charge in [-0.2, -0.15) is 0 Å². The SMILES string of the molecule is CC(O)(c1ccc(Cl)c(N)c1)N1CCC(c2c[nH]c3ncccc23)CC1. The number of piperidine rings is 1. The summed E-state index contributed by atoms with van der Waals surface area (Å²) in [6.07, 6.45) is 5.86. The third kappa shape index (κ3) is 2.96. The van der Waals surface area contributed by atoms with Gasteiger partial charge in [-0.05, 0) is 55.5 Å². The first-order chi connectivity index (χ1) is 12.5. The van der Waals surface area contributed by atoms with Crippen LogP contribution in [0, 0.1) is 0 Å². The number of nitrogen functional groups attached to an aromatic ring is 1. The maximum atomic E-state index is 11.1. The molecule has 0 bridgehead atoms. The first-order valence-electron chi connectivity index (χ1n) is 8.92. The molecule has 3 aromatic rings. The van der Waals surface area contributed by atoms with Gasteiger partial charge in [0.15, 0.2) is 0 Å². The zero-order valence-corrected chi connectivity index (χ0v) is 15.5. The van der Waals surface area contributed by atoms with Crippen LogP contribution in [0.1, 0.15) is 36.8 Å². The molecule has 0 amide bonds. The Morgan fingerprint density at radius 2 is 2.08 bits per heavy atom. The number of likely N-dealkylation sites (tertiary alicyclic amines) is 1. The Morgan fingerprint density at radius 3 is 2.81 bits per heavy atom. The van der Waals surface area contributed by atoms with Crippen LogP contribution in [0.2, 0.25) is 5.02 Å². The van der Waals surface area contributed by atoms with Crippen LogP contribution >= 0.6 is 11.6 Å². The van der Waals surface area contributed by atoms with Gasteiger partial charge in [0, 0.05) is 36.4 Å². The average Bonchev–Trinajstić information content (AvgIpc) is 3.08. The van der Waals surface area contributed by atoms with Gasteiger partial charge in [-0.25, -0.2) is 4.98 Å². The van der Waals surface area contributed by atoms with Gasteiger partial charge in [0.1, 0.15) is 11.4 Å². The van der Waals surface area contributed by atoms with Crippen molar-refractivity contribution in [3.8, 4) is 0 Å². The number of halogens is 1. The molecule has 0 saturated carbocycles. The van der Waals surface area contributed by atoms with Crippen molar-refractivity contribution in [1.82, 2.24) is 14.9 Å². The van der Waals surface area contributed by atoms with Crippen LogP contribution in [0.4, 0.5) is 5.69 Å². The lowest BCUT2D eigenvalue weighted by Gasteiger charge is -2.42. The Kier molecular flexibility index (Phi) is 4.39. The largest absolute Gasteiger partial charge is 0.398 e. The molecule has 3 heterocycles. The normalized spacial score (nSPS) is 18.9. The van der Waals surface area contributed by atoms with Gasteiger partial charge in [-0.1, -0.05) is 17.7 Å². The third-order valence-corrected chi connectivity index (χ3v) is 5.92. The smallest absolute Gasteiger partial charge is 0.141 e. The summed E-state index contributed by atoms with van der Waals surface area (Å²) in [7, 11) is 0. The number of pyridine rings is 1. The molecule has 5 nitrogen and oxygen atoms in total. The standard InChI is InChI=1S/C20H23ClN4O/c1-20(26,14-4-5-17(21)18(22)11-14)25-9-6-13(7-10-25)16-12-24-19-15(16)3-2-8-23-19/h2-5,8,11-13,26H,6-7,9-10,22H2,1H3,(H,23,24).